The second-order valence-corrected chi connectivity index (χ2v) is 14.0. The van der Waals surface area contributed by atoms with E-state index in [2.05, 4.69) is 141 Å². The molecule has 9 aromatic rings. The van der Waals surface area contributed by atoms with Crippen molar-refractivity contribution in [3.63, 3.8) is 0 Å². The molecule has 4 nitrogen and oxygen atoms in total. The lowest BCUT2D eigenvalue weighted by molar-refractivity contribution is 0.647. The Bertz CT molecular complexity index is 2780. The number of furan rings is 1. The summed E-state index contributed by atoms with van der Waals surface area (Å²) in [6.45, 7) is 4.61. The van der Waals surface area contributed by atoms with Crippen LogP contribution >= 0.6 is 0 Å². The molecule has 0 unspecified atom stereocenters. The van der Waals surface area contributed by atoms with Crippen LogP contribution in [0.15, 0.2) is 168 Å². The number of aromatic nitrogens is 3. The highest BCUT2D eigenvalue weighted by molar-refractivity contribution is 6.14. The fourth-order valence-electron chi connectivity index (χ4n) is 7.85. The lowest BCUT2D eigenvalue weighted by Crippen LogP contribution is -2.14. The predicted molar refractivity (Wildman–Crippen MR) is 212 cm³/mol. The van der Waals surface area contributed by atoms with Crippen LogP contribution in [0.4, 0.5) is 0 Å². The summed E-state index contributed by atoms with van der Waals surface area (Å²) in [6, 6.07) is 57.1. The average Bonchev–Trinajstić information content (AvgIpc) is 3.69. The van der Waals surface area contributed by atoms with Crippen molar-refractivity contribution < 1.29 is 4.42 Å². The van der Waals surface area contributed by atoms with Crippen molar-refractivity contribution in [2.75, 3.05) is 0 Å². The lowest BCUT2D eigenvalue weighted by atomic mass is 9.82. The molecule has 1 aliphatic rings. The van der Waals surface area contributed by atoms with Gasteiger partial charge in [0.15, 0.2) is 17.5 Å². The Kier molecular flexibility index (Phi) is 6.80. The second-order valence-electron chi connectivity index (χ2n) is 14.0. The monoisotopic (exact) mass is 667 g/mol. The van der Waals surface area contributed by atoms with Crippen molar-refractivity contribution in [2.45, 2.75) is 19.3 Å². The summed E-state index contributed by atoms with van der Waals surface area (Å²) in [6.07, 6.45) is 0. The van der Waals surface area contributed by atoms with Gasteiger partial charge in [0.1, 0.15) is 11.2 Å². The van der Waals surface area contributed by atoms with Gasteiger partial charge in [-0.05, 0) is 62.7 Å². The Morgan fingerprint density at radius 2 is 0.885 bits per heavy atom. The van der Waals surface area contributed by atoms with E-state index in [1.54, 1.807) is 0 Å². The van der Waals surface area contributed by atoms with Gasteiger partial charge in [0, 0.05) is 32.9 Å². The minimum atomic E-state index is -0.0847. The Balaban J connectivity index is 1.06. The first-order valence-electron chi connectivity index (χ1n) is 17.7. The Hall–Kier alpha value is -6.65. The normalized spacial score (nSPS) is 13.0. The number of nitrogens with zero attached hydrogens (tertiary/aromatic N) is 3. The van der Waals surface area contributed by atoms with Crippen molar-refractivity contribution in [1.29, 1.82) is 0 Å². The molecule has 0 bridgehead atoms. The Morgan fingerprint density at radius 1 is 0.385 bits per heavy atom. The smallest absolute Gasteiger partial charge is 0.164 e. The van der Waals surface area contributed by atoms with Crippen LogP contribution in [0.2, 0.25) is 0 Å². The number of benzene rings is 7. The molecule has 0 atom stereocenters. The zero-order chi connectivity index (χ0) is 34.8. The van der Waals surface area contributed by atoms with Crippen LogP contribution in [-0.4, -0.2) is 15.0 Å². The number of hydrogen-bond donors (Lipinski definition) is 0. The SMILES string of the molecule is CC1(C)c2ccccc2-c2cc3c(cc21)oc1cccc(-c2ccc(-c4nc(-c5ccccc5)nc(-c5ccc(-c6ccccc6)cc5)n4)cc2)c13. The van der Waals surface area contributed by atoms with Gasteiger partial charge in [0.05, 0.1) is 0 Å². The average molecular weight is 668 g/mol. The van der Waals surface area contributed by atoms with Gasteiger partial charge in [-0.3, -0.25) is 0 Å². The third-order valence-corrected chi connectivity index (χ3v) is 10.6. The first-order chi connectivity index (χ1) is 25.5. The van der Waals surface area contributed by atoms with E-state index in [0.717, 1.165) is 55.3 Å². The van der Waals surface area contributed by atoms with Gasteiger partial charge < -0.3 is 4.42 Å². The van der Waals surface area contributed by atoms with Gasteiger partial charge >= 0.3 is 0 Å². The molecule has 0 spiro atoms. The molecule has 246 valence electrons. The molecule has 4 heteroatoms. The minimum absolute atomic E-state index is 0.0847. The summed E-state index contributed by atoms with van der Waals surface area (Å²) in [5.41, 5.74) is 14.3. The third kappa shape index (κ3) is 4.87. The van der Waals surface area contributed by atoms with Crippen LogP contribution < -0.4 is 0 Å². The highest BCUT2D eigenvalue weighted by Gasteiger charge is 2.36. The second kappa shape index (κ2) is 11.7. The molecular weight excluding hydrogens is 635 g/mol. The summed E-state index contributed by atoms with van der Waals surface area (Å²) >= 11 is 0. The molecular formula is C48H33N3O. The molecule has 2 heterocycles. The van der Waals surface area contributed by atoms with Crippen molar-refractivity contribution in [3.8, 4) is 67.5 Å². The third-order valence-electron chi connectivity index (χ3n) is 10.6. The van der Waals surface area contributed by atoms with Gasteiger partial charge in [-0.15, -0.1) is 0 Å². The van der Waals surface area contributed by atoms with Crippen LogP contribution in [0.3, 0.4) is 0 Å². The first-order valence-corrected chi connectivity index (χ1v) is 17.7. The van der Waals surface area contributed by atoms with Gasteiger partial charge in [-0.1, -0.05) is 159 Å². The highest BCUT2D eigenvalue weighted by atomic mass is 16.3. The molecule has 0 saturated carbocycles. The van der Waals surface area contributed by atoms with Gasteiger partial charge in [-0.2, -0.15) is 0 Å². The number of hydrogen-bond acceptors (Lipinski definition) is 4. The lowest BCUT2D eigenvalue weighted by Gasteiger charge is -2.21. The number of rotatable bonds is 5. The van der Waals surface area contributed by atoms with Gasteiger partial charge in [-0.25, -0.2) is 15.0 Å². The summed E-state index contributed by atoms with van der Waals surface area (Å²) in [5, 5.41) is 2.26. The maximum atomic E-state index is 6.54. The van der Waals surface area contributed by atoms with Gasteiger partial charge in [0.25, 0.3) is 0 Å². The van der Waals surface area contributed by atoms with Crippen LogP contribution in [0.5, 0.6) is 0 Å². The molecule has 0 radical (unpaired) electrons. The minimum Gasteiger partial charge on any atom is -0.456 e. The molecule has 52 heavy (non-hydrogen) atoms. The zero-order valence-corrected chi connectivity index (χ0v) is 28.8. The molecule has 7 aromatic carbocycles. The first kappa shape index (κ1) is 30.2. The topological polar surface area (TPSA) is 51.8 Å². The zero-order valence-electron chi connectivity index (χ0n) is 28.8. The Morgan fingerprint density at radius 3 is 1.54 bits per heavy atom. The van der Waals surface area contributed by atoms with E-state index in [0.29, 0.717) is 17.5 Å². The molecule has 2 aromatic heterocycles. The quantitative estimate of drug-likeness (QED) is 0.183. The molecule has 0 saturated heterocycles. The van der Waals surface area contributed by atoms with E-state index in [-0.39, 0.29) is 5.41 Å². The maximum Gasteiger partial charge on any atom is 0.164 e. The molecule has 0 aliphatic heterocycles. The van der Waals surface area contributed by atoms with E-state index in [1.165, 1.54) is 27.8 Å². The van der Waals surface area contributed by atoms with E-state index in [1.807, 2.05) is 36.4 Å². The fourth-order valence-corrected chi connectivity index (χ4v) is 7.85. The van der Waals surface area contributed by atoms with Crippen LogP contribution in [-0.2, 0) is 5.41 Å². The number of fused-ring (bicyclic) bond motifs is 6. The Labute approximate surface area is 302 Å². The highest BCUT2D eigenvalue weighted by Crippen LogP contribution is 2.51. The van der Waals surface area contributed by atoms with Gasteiger partial charge in [0.2, 0.25) is 0 Å². The van der Waals surface area contributed by atoms with Crippen molar-refractivity contribution in [1.82, 2.24) is 15.0 Å². The van der Waals surface area contributed by atoms with E-state index < -0.39 is 0 Å². The van der Waals surface area contributed by atoms with Crippen LogP contribution in [0.1, 0.15) is 25.0 Å². The fraction of sp³-hybridized carbons (Fsp3) is 0.0625. The molecule has 0 N–H and O–H groups in total. The van der Waals surface area contributed by atoms with E-state index >= 15 is 0 Å². The summed E-state index contributed by atoms with van der Waals surface area (Å²) in [4.78, 5) is 14.9. The van der Waals surface area contributed by atoms with Crippen LogP contribution in [0, 0.1) is 0 Å². The van der Waals surface area contributed by atoms with Crippen molar-refractivity contribution in [3.05, 3.63) is 175 Å². The largest absolute Gasteiger partial charge is 0.456 e. The molecule has 0 fully saturated rings. The summed E-state index contributed by atoms with van der Waals surface area (Å²) in [7, 11) is 0. The van der Waals surface area contributed by atoms with Crippen molar-refractivity contribution >= 4 is 21.9 Å². The summed E-state index contributed by atoms with van der Waals surface area (Å²) in [5.74, 6) is 1.91. The summed E-state index contributed by atoms with van der Waals surface area (Å²) < 4.78 is 6.54. The van der Waals surface area contributed by atoms with Crippen LogP contribution in [0.25, 0.3) is 89.5 Å². The van der Waals surface area contributed by atoms with E-state index in [9.17, 15) is 0 Å². The van der Waals surface area contributed by atoms with Crippen molar-refractivity contribution in [2.24, 2.45) is 0 Å². The molecule has 0 amide bonds. The molecule has 10 rings (SSSR count). The maximum absolute atomic E-state index is 6.54. The predicted octanol–water partition coefficient (Wildman–Crippen LogP) is 12.4. The van der Waals surface area contributed by atoms with E-state index in [4.69, 9.17) is 19.4 Å². The molecule has 1 aliphatic carbocycles. The standard InChI is InChI=1S/C48H33N3O/c1-48(2)40-18-10-9-16-37(40)38-28-39-43(29-41(38)48)52-42-19-11-17-36(44(39)42)32-22-26-35(27-23-32)47-50-45(33-14-7-4-8-15-33)49-46(51-47)34-24-20-31(21-25-34)30-12-5-3-6-13-30/h3-29H,1-2H3.